The van der Waals surface area contributed by atoms with Gasteiger partial charge in [-0.3, -0.25) is 0 Å². The minimum Gasteiger partial charge on any atom is -0.390 e. The van der Waals surface area contributed by atoms with Crippen LogP contribution in [0.2, 0.25) is 0 Å². The highest BCUT2D eigenvalue weighted by molar-refractivity contribution is 4.87. The zero-order valence-corrected chi connectivity index (χ0v) is 7.96. The summed E-state index contributed by atoms with van der Waals surface area (Å²) in [5, 5.41) is 19.4. The largest absolute Gasteiger partial charge is 0.390 e. The highest BCUT2D eigenvalue weighted by atomic mass is 16.3. The number of aliphatic hydroxyl groups excluding tert-OH is 1. The van der Waals surface area contributed by atoms with Gasteiger partial charge in [-0.15, -0.1) is 0 Å². The van der Waals surface area contributed by atoms with Crippen molar-refractivity contribution in [3.8, 4) is 0 Å². The summed E-state index contributed by atoms with van der Waals surface area (Å²) in [6.45, 7) is 7.65. The summed E-state index contributed by atoms with van der Waals surface area (Å²) in [5.74, 6) is 0.113. The van der Waals surface area contributed by atoms with Crippen molar-refractivity contribution >= 4 is 0 Å². The van der Waals surface area contributed by atoms with E-state index in [2.05, 4.69) is 0 Å². The molecule has 0 aromatic heterocycles. The van der Waals surface area contributed by atoms with Gasteiger partial charge < -0.3 is 10.2 Å². The second-order valence-electron chi connectivity index (χ2n) is 3.42. The van der Waals surface area contributed by atoms with E-state index in [9.17, 15) is 10.2 Å². The first-order chi connectivity index (χ1) is 4.99. The number of hydrogen-bond donors (Lipinski definition) is 2. The van der Waals surface area contributed by atoms with Crippen molar-refractivity contribution in [3.63, 3.8) is 0 Å². The predicted octanol–water partition coefficient (Wildman–Crippen LogP) is 1.55. The maximum absolute atomic E-state index is 9.92. The van der Waals surface area contributed by atoms with Gasteiger partial charge in [0.1, 0.15) is 0 Å². The first-order valence-electron chi connectivity index (χ1n) is 4.39. The molecule has 0 aromatic rings. The minimum atomic E-state index is -0.894. The molecule has 2 atom stereocenters. The molecular weight excluding hydrogens is 140 g/mol. The van der Waals surface area contributed by atoms with Gasteiger partial charge in [0.05, 0.1) is 11.7 Å². The van der Waals surface area contributed by atoms with Crippen LogP contribution in [0.15, 0.2) is 0 Å². The highest BCUT2D eigenvalue weighted by Gasteiger charge is 2.35. The molecule has 0 aliphatic carbocycles. The van der Waals surface area contributed by atoms with E-state index >= 15 is 0 Å². The van der Waals surface area contributed by atoms with Crippen LogP contribution in [0, 0.1) is 5.92 Å². The average molecular weight is 160 g/mol. The van der Waals surface area contributed by atoms with Crippen LogP contribution in [0.5, 0.6) is 0 Å². The molecule has 68 valence electrons. The van der Waals surface area contributed by atoms with E-state index in [0.29, 0.717) is 12.8 Å². The lowest BCUT2D eigenvalue weighted by Gasteiger charge is -2.35. The molecule has 0 heterocycles. The molecule has 2 unspecified atom stereocenters. The summed E-state index contributed by atoms with van der Waals surface area (Å²) in [6, 6.07) is 0. The van der Waals surface area contributed by atoms with E-state index in [-0.39, 0.29) is 5.92 Å². The van der Waals surface area contributed by atoms with Crippen LogP contribution < -0.4 is 0 Å². The summed E-state index contributed by atoms with van der Waals surface area (Å²) in [6.07, 6.45) is 0.634. The van der Waals surface area contributed by atoms with Gasteiger partial charge in [0.15, 0.2) is 0 Å². The lowest BCUT2D eigenvalue weighted by atomic mass is 9.82. The van der Waals surface area contributed by atoms with E-state index in [1.54, 1.807) is 0 Å². The molecule has 0 bridgehead atoms. The second-order valence-corrected chi connectivity index (χ2v) is 3.42. The molecule has 0 aliphatic rings. The maximum Gasteiger partial charge on any atom is 0.0925 e. The summed E-state index contributed by atoms with van der Waals surface area (Å²) >= 11 is 0. The molecule has 0 spiro atoms. The van der Waals surface area contributed by atoms with E-state index in [0.717, 1.165) is 0 Å². The van der Waals surface area contributed by atoms with Gasteiger partial charge in [-0.2, -0.15) is 0 Å². The molecular formula is C9H20O2. The Morgan fingerprint density at radius 3 is 1.82 bits per heavy atom. The van der Waals surface area contributed by atoms with Gasteiger partial charge in [-0.1, -0.05) is 27.7 Å². The van der Waals surface area contributed by atoms with Crippen molar-refractivity contribution < 1.29 is 10.2 Å². The van der Waals surface area contributed by atoms with Crippen LogP contribution in [-0.4, -0.2) is 21.9 Å². The standard InChI is InChI=1S/C9H20O2/c1-5-8(10)9(11,6-2)7(3)4/h7-8,10-11H,5-6H2,1-4H3. The smallest absolute Gasteiger partial charge is 0.0925 e. The molecule has 2 nitrogen and oxygen atoms in total. The topological polar surface area (TPSA) is 40.5 Å². The van der Waals surface area contributed by atoms with E-state index in [4.69, 9.17) is 0 Å². The van der Waals surface area contributed by atoms with Gasteiger partial charge >= 0.3 is 0 Å². The Bertz CT molecular complexity index is 112. The van der Waals surface area contributed by atoms with Crippen LogP contribution in [0.4, 0.5) is 0 Å². The fourth-order valence-electron chi connectivity index (χ4n) is 1.38. The second kappa shape index (κ2) is 4.07. The zero-order chi connectivity index (χ0) is 9.07. The maximum atomic E-state index is 9.92. The molecule has 0 radical (unpaired) electrons. The van der Waals surface area contributed by atoms with Gasteiger partial charge in [0.2, 0.25) is 0 Å². The molecule has 0 saturated carbocycles. The monoisotopic (exact) mass is 160 g/mol. The van der Waals surface area contributed by atoms with Gasteiger partial charge in [0, 0.05) is 0 Å². The van der Waals surface area contributed by atoms with Crippen LogP contribution >= 0.6 is 0 Å². The fraction of sp³-hybridized carbons (Fsp3) is 1.00. The van der Waals surface area contributed by atoms with Crippen molar-refractivity contribution in [1.82, 2.24) is 0 Å². The lowest BCUT2D eigenvalue weighted by Crippen LogP contribution is -2.46. The molecule has 0 saturated heterocycles. The van der Waals surface area contributed by atoms with Crippen LogP contribution in [-0.2, 0) is 0 Å². The van der Waals surface area contributed by atoms with E-state index in [1.165, 1.54) is 0 Å². The Kier molecular flexibility index (Phi) is 4.04. The quantitative estimate of drug-likeness (QED) is 0.655. The Morgan fingerprint density at radius 1 is 1.27 bits per heavy atom. The number of rotatable bonds is 4. The van der Waals surface area contributed by atoms with Crippen LogP contribution in [0.1, 0.15) is 40.5 Å². The average Bonchev–Trinajstić information content (AvgIpc) is 2.01. The Labute approximate surface area is 69.2 Å². The zero-order valence-electron chi connectivity index (χ0n) is 7.96. The van der Waals surface area contributed by atoms with Crippen molar-refractivity contribution in [2.24, 2.45) is 5.92 Å². The number of aliphatic hydroxyl groups is 2. The van der Waals surface area contributed by atoms with Crippen molar-refractivity contribution in [2.75, 3.05) is 0 Å². The molecule has 0 amide bonds. The predicted molar refractivity (Wildman–Crippen MR) is 46.4 cm³/mol. The Morgan fingerprint density at radius 2 is 1.73 bits per heavy atom. The third-order valence-corrected chi connectivity index (χ3v) is 2.53. The third-order valence-electron chi connectivity index (χ3n) is 2.53. The minimum absolute atomic E-state index is 0.113. The molecule has 2 N–H and O–H groups in total. The first-order valence-corrected chi connectivity index (χ1v) is 4.39. The van der Waals surface area contributed by atoms with Crippen molar-refractivity contribution in [3.05, 3.63) is 0 Å². The summed E-state index contributed by atoms with van der Waals surface area (Å²) in [7, 11) is 0. The van der Waals surface area contributed by atoms with E-state index < -0.39 is 11.7 Å². The molecule has 0 fully saturated rings. The normalized spacial score (nSPS) is 19.9. The first kappa shape index (κ1) is 10.9. The van der Waals surface area contributed by atoms with Crippen LogP contribution in [0.3, 0.4) is 0 Å². The SMILES string of the molecule is CCC(O)C(O)(CC)C(C)C. The highest BCUT2D eigenvalue weighted by Crippen LogP contribution is 2.26. The van der Waals surface area contributed by atoms with Gasteiger partial charge in [-0.25, -0.2) is 0 Å². The Balaban J connectivity index is 4.32. The Hall–Kier alpha value is -0.0800. The van der Waals surface area contributed by atoms with Gasteiger partial charge in [0.25, 0.3) is 0 Å². The van der Waals surface area contributed by atoms with Crippen LogP contribution in [0.25, 0.3) is 0 Å². The number of hydrogen-bond acceptors (Lipinski definition) is 2. The lowest BCUT2D eigenvalue weighted by molar-refractivity contribution is -0.108. The molecule has 11 heavy (non-hydrogen) atoms. The summed E-state index contributed by atoms with van der Waals surface area (Å²) in [4.78, 5) is 0. The molecule has 0 aromatic carbocycles. The van der Waals surface area contributed by atoms with Gasteiger partial charge in [-0.05, 0) is 18.8 Å². The summed E-state index contributed by atoms with van der Waals surface area (Å²) < 4.78 is 0. The fourth-order valence-corrected chi connectivity index (χ4v) is 1.38. The molecule has 0 rings (SSSR count). The summed E-state index contributed by atoms with van der Waals surface area (Å²) in [5.41, 5.74) is -0.894. The molecule has 0 aliphatic heterocycles. The van der Waals surface area contributed by atoms with Crippen molar-refractivity contribution in [1.29, 1.82) is 0 Å². The molecule has 2 heteroatoms. The van der Waals surface area contributed by atoms with E-state index in [1.807, 2.05) is 27.7 Å². The van der Waals surface area contributed by atoms with Crippen molar-refractivity contribution in [2.45, 2.75) is 52.2 Å². The third kappa shape index (κ3) is 2.17.